The molecule has 0 saturated heterocycles. The number of aliphatic hydroxyl groups is 1. The number of fused-ring (bicyclic) bond motifs is 3. The van der Waals surface area contributed by atoms with Gasteiger partial charge in [0.05, 0.1) is 17.7 Å². The zero-order chi connectivity index (χ0) is 20.5. The van der Waals surface area contributed by atoms with E-state index < -0.39 is 0 Å². The summed E-state index contributed by atoms with van der Waals surface area (Å²) in [6.45, 7) is 3.28. The number of ketones is 2. The third kappa shape index (κ3) is 3.14. The minimum absolute atomic E-state index is 0.0411. The van der Waals surface area contributed by atoms with Gasteiger partial charge in [-0.25, -0.2) is 4.98 Å². The van der Waals surface area contributed by atoms with Crippen LogP contribution in [-0.2, 0) is 0 Å². The Labute approximate surface area is 167 Å². The van der Waals surface area contributed by atoms with Crippen LogP contribution in [0.5, 0.6) is 5.75 Å². The second-order valence-electron chi connectivity index (χ2n) is 6.97. The van der Waals surface area contributed by atoms with Gasteiger partial charge in [-0.15, -0.1) is 0 Å². The number of nitrogens with zero attached hydrogens (tertiary/aromatic N) is 1. The zero-order valence-corrected chi connectivity index (χ0v) is 16.0. The summed E-state index contributed by atoms with van der Waals surface area (Å²) in [5.41, 5.74) is 1.33. The van der Waals surface area contributed by atoms with Gasteiger partial charge >= 0.3 is 0 Å². The first-order valence-electron chi connectivity index (χ1n) is 9.43. The lowest BCUT2D eigenvalue weighted by Gasteiger charge is -2.23. The van der Waals surface area contributed by atoms with Crippen molar-refractivity contribution in [2.24, 2.45) is 0 Å². The SMILES string of the molecule is Cc1cnc(NCCNCCO)c2c1C(=O)c1c(cc3ccccc3c1O)C2=O. The van der Waals surface area contributed by atoms with Gasteiger partial charge in [0.1, 0.15) is 11.6 Å². The van der Waals surface area contributed by atoms with Crippen molar-refractivity contribution in [3.63, 3.8) is 0 Å². The minimum Gasteiger partial charge on any atom is -0.507 e. The lowest BCUT2D eigenvalue weighted by atomic mass is 9.81. The number of benzene rings is 2. The van der Waals surface area contributed by atoms with Crippen molar-refractivity contribution in [3.8, 4) is 5.75 Å². The maximum atomic E-state index is 13.4. The molecule has 1 aliphatic rings. The largest absolute Gasteiger partial charge is 0.507 e. The van der Waals surface area contributed by atoms with E-state index in [1.165, 1.54) is 0 Å². The number of nitrogens with one attached hydrogen (secondary N) is 2. The molecule has 0 amide bonds. The van der Waals surface area contributed by atoms with E-state index in [1.807, 2.05) is 6.07 Å². The van der Waals surface area contributed by atoms with Crippen molar-refractivity contribution in [2.45, 2.75) is 6.92 Å². The maximum absolute atomic E-state index is 13.4. The Morgan fingerprint density at radius 2 is 1.79 bits per heavy atom. The highest BCUT2D eigenvalue weighted by molar-refractivity contribution is 6.32. The molecular formula is C22H21N3O4. The summed E-state index contributed by atoms with van der Waals surface area (Å²) in [5.74, 6) is -0.536. The molecule has 0 spiro atoms. The van der Waals surface area contributed by atoms with Gasteiger partial charge in [0.15, 0.2) is 11.6 Å². The lowest BCUT2D eigenvalue weighted by Crippen LogP contribution is -2.28. The van der Waals surface area contributed by atoms with Crippen LogP contribution in [0.15, 0.2) is 36.5 Å². The Hall–Kier alpha value is -3.29. The molecule has 0 fully saturated rings. The summed E-state index contributed by atoms with van der Waals surface area (Å²) in [7, 11) is 0. The first-order chi connectivity index (χ1) is 14.0. The van der Waals surface area contributed by atoms with Crippen molar-refractivity contribution in [1.29, 1.82) is 0 Å². The van der Waals surface area contributed by atoms with E-state index in [1.54, 1.807) is 37.4 Å². The molecule has 4 N–H and O–H groups in total. The van der Waals surface area contributed by atoms with Crippen LogP contribution in [0.3, 0.4) is 0 Å². The smallest absolute Gasteiger partial charge is 0.198 e. The fourth-order valence-electron chi connectivity index (χ4n) is 3.72. The number of carbonyl (C=O) groups is 2. The molecule has 0 unspecified atom stereocenters. The normalized spacial score (nSPS) is 12.8. The summed E-state index contributed by atoms with van der Waals surface area (Å²) in [5, 5.41) is 27.0. The predicted octanol–water partition coefficient (Wildman–Crippen LogP) is 2.02. The van der Waals surface area contributed by atoms with Gasteiger partial charge in [0.2, 0.25) is 0 Å². The maximum Gasteiger partial charge on any atom is 0.198 e. The summed E-state index contributed by atoms with van der Waals surface area (Å²) >= 11 is 0. The van der Waals surface area contributed by atoms with Gasteiger partial charge in [0, 0.05) is 42.3 Å². The molecule has 1 heterocycles. The Morgan fingerprint density at radius 1 is 1.00 bits per heavy atom. The van der Waals surface area contributed by atoms with Crippen LogP contribution < -0.4 is 10.6 Å². The first kappa shape index (κ1) is 19.0. The van der Waals surface area contributed by atoms with Gasteiger partial charge in [0.25, 0.3) is 0 Å². The summed E-state index contributed by atoms with van der Waals surface area (Å²) in [6, 6.07) is 8.77. The van der Waals surface area contributed by atoms with E-state index in [0.717, 1.165) is 0 Å². The van der Waals surface area contributed by atoms with Gasteiger partial charge in [-0.3, -0.25) is 9.59 Å². The number of hydrogen-bond donors (Lipinski definition) is 4. The fourth-order valence-corrected chi connectivity index (χ4v) is 3.72. The van der Waals surface area contributed by atoms with Gasteiger partial charge in [-0.2, -0.15) is 0 Å². The number of aryl methyl sites for hydroxylation is 1. The average Bonchev–Trinajstić information content (AvgIpc) is 2.72. The number of hydrogen-bond acceptors (Lipinski definition) is 7. The number of phenolic OH excluding ortho intramolecular Hbond substituents is 1. The number of anilines is 1. The third-order valence-corrected chi connectivity index (χ3v) is 5.10. The molecule has 7 nitrogen and oxygen atoms in total. The number of pyridine rings is 1. The molecule has 0 radical (unpaired) electrons. The number of phenols is 1. The highest BCUT2D eigenvalue weighted by atomic mass is 16.3. The number of carbonyl (C=O) groups excluding carboxylic acids is 2. The molecule has 7 heteroatoms. The Morgan fingerprint density at radius 3 is 2.59 bits per heavy atom. The highest BCUT2D eigenvalue weighted by Crippen LogP contribution is 2.40. The molecule has 1 aliphatic carbocycles. The van der Waals surface area contributed by atoms with Crippen molar-refractivity contribution in [3.05, 3.63) is 64.3 Å². The van der Waals surface area contributed by atoms with Crippen LogP contribution >= 0.6 is 0 Å². The lowest BCUT2D eigenvalue weighted by molar-refractivity contribution is 0.0976. The molecule has 2 aromatic carbocycles. The molecule has 0 aliphatic heterocycles. The Balaban J connectivity index is 1.81. The Kier molecular flexibility index (Phi) is 5.00. The van der Waals surface area contributed by atoms with Crippen molar-refractivity contribution in [1.82, 2.24) is 10.3 Å². The van der Waals surface area contributed by atoms with Crippen LogP contribution in [0, 0.1) is 6.92 Å². The van der Waals surface area contributed by atoms with E-state index in [2.05, 4.69) is 15.6 Å². The topological polar surface area (TPSA) is 112 Å². The van der Waals surface area contributed by atoms with Crippen LogP contribution in [0.4, 0.5) is 5.82 Å². The summed E-state index contributed by atoms with van der Waals surface area (Å²) in [6.07, 6.45) is 1.55. The Bertz CT molecular complexity index is 1140. The molecular weight excluding hydrogens is 370 g/mol. The van der Waals surface area contributed by atoms with E-state index in [0.29, 0.717) is 41.8 Å². The molecule has 0 atom stereocenters. The molecule has 0 saturated carbocycles. The standard InChI is InChI=1S/C22H21N3O4/c1-12-11-25-22(24-7-6-23-8-9-26)18-16(12)21(29)17-15(20(18)28)10-13-4-2-3-5-14(13)19(17)27/h2-5,10-11,23,26-27H,6-9H2,1H3,(H,24,25). The second-order valence-corrected chi connectivity index (χ2v) is 6.97. The van der Waals surface area contributed by atoms with Crippen LogP contribution in [-0.4, -0.2) is 53.0 Å². The molecule has 4 rings (SSSR count). The highest BCUT2D eigenvalue weighted by Gasteiger charge is 2.36. The predicted molar refractivity (Wildman–Crippen MR) is 110 cm³/mol. The van der Waals surface area contributed by atoms with Gasteiger partial charge in [-0.05, 0) is 23.9 Å². The molecule has 3 aromatic rings. The first-order valence-corrected chi connectivity index (χ1v) is 9.43. The number of rotatable bonds is 6. The zero-order valence-electron chi connectivity index (χ0n) is 16.0. The van der Waals surface area contributed by atoms with Crippen LogP contribution in [0.2, 0.25) is 0 Å². The van der Waals surface area contributed by atoms with Crippen LogP contribution in [0.25, 0.3) is 10.8 Å². The number of aromatic nitrogens is 1. The monoisotopic (exact) mass is 391 g/mol. The second kappa shape index (κ2) is 7.62. The molecule has 0 bridgehead atoms. The number of aromatic hydroxyl groups is 1. The summed E-state index contributed by atoms with van der Waals surface area (Å²) in [4.78, 5) is 31.0. The number of aliphatic hydroxyl groups excluding tert-OH is 1. The van der Waals surface area contributed by atoms with Crippen molar-refractivity contribution in [2.75, 3.05) is 31.6 Å². The summed E-state index contributed by atoms with van der Waals surface area (Å²) < 4.78 is 0. The van der Waals surface area contributed by atoms with E-state index in [-0.39, 0.29) is 46.2 Å². The van der Waals surface area contributed by atoms with Crippen molar-refractivity contribution < 1.29 is 19.8 Å². The van der Waals surface area contributed by atoms with Crippen molar-refractivity contribution >= 4 is 28.2 Å². The van der Waals surface area contributed by atoms with E-state index in [9.17, 15) is 14.7 Å². The third-order valence-electron chi connectivity index (χ3n) is 5.10. The average molecular weight is 391 g/mol. The molecule has 1 aromatic heterocycles. The van der Waals surface area contributed by atoms with Gasteiger partial charge < -0.3 is 20.8 Å². The van der Waals surface area contributed by atoms with Gasteiger partial charge in [-0.1, -0.05) is 24.3 Å². The molecule has 29 heavy (non-hydrogen) atoms. The van der Waals surface area contributed by atoms with E-state index in [4.69, 9.17) is 5.11 Å². The molecule has 148 valence electrons. The van der Waals surface area contributed by atoms with E-state index >= 15 is 0 Å². The fraction of sp³-hybridized carbons (Fsp3) is 0.227. The van der Waals surface area contributed by atoms with Crippen LogP contribution in [0.1, 0.15) is 37.4 Å². The quantitative estimate of drug-likeness (QED) is 0.372. The minimum atomic E-state index is -0.376.